The summed E-state index contributed by atoms with van der Waals surface area (Å²) in [4.78, 5) is 35.1. The predicted molar refractivity (Wildman–Crippen MR) is 123 cm³/mol. The van der Waals surface area contributed by atoms with Crippen LogP contribution in [0.5, 0.6) is 0 Å². The fourth-order valence-electron chi connectivity index (χ4n) is 3.30. The number of rotatable bonds is 11. The molecular formula is C22H24N4O7S. The first kappa shape index (κ1) is 25.0. The molecule has 0 aliphatic carbocycles. The van der Waals surface area contributed by atoms with Crippen LogP contribution in [0.25, 0.3) is 10.9 Å². The van der Waals surface area contributed by atoms with Crippen LogP contribution in [0.1, 0.15) is 55.8 Å². The summed E-state index contributed by atoms with van der Waals surface area (Å²) in [6.45, 7) is 2.35. The lowest BCUT2D eigenvalue weighted by Crippen LogP contribution is -2.31. The van der Waals surface area contributed by atoms with Gasteiger partial charge in [-0.2, -0.15) is 8.42 Å². The van der Waals surface area contributed by atoms with Crippen molar-refractivity contribution in [3.05, 3.63) is 68.5 Å². The van der Waals surface area contributed by atoms with E-state index in [0.717, 1.165) is 43.9 Å². The Morgan fingerprint density at radius 2 is 1.82 bits per heavy atom. The number of carbonyl (C=O) groups is 1. The Hall–Kier alpha value is -3.67. The summed E-state index contributed by atoms with van der Waals surface area (Å²) in [7, 11) is -4.54. The second kappa shape index (κ2) is 11.0. The second-order valence-electron chi connectivity index (χ2n) is 7.63. The number of aromatic nitrogens is 3. The quantitative estimate of drug-likeness (QED) is 0.171. The van der Waals surface area contributed by atoms with Crippen LogP contribution >= 0.6 is 0 Å². The number of benzene rings is 2. The largest absolute Gasteiger partial charge is 0.462 e. The minimum Gasteiger partial charge on any atom is -0.462 e. The Kier molecular flexibility index (Phi) is 8.05. The van der Waals surface area contributed by atoms with Crippen molar-refractivity contribution in [1.29, 1.82) is 0 Å². The molecule has 0 saturated carbocycles. The average Bonchev–Trinajstić information content (AvgIpc) is 2.83. The maximum Gasteiger partial charge on any atom is 0.338 e. The van der Waals surface area contributed by atoms with Gasteiger partial charge in [0.2, 0.25) is 0 Å². The number of hydrogen-bond acceptors (Lipinski definition) is 9. The number of nitro groups is 1. The monoisotopic (exact) mass is 488 g/mol. The number of carbonyl (C=O) groups excluding carboxylic acids is 1. The zero-order valence-corrected chi connectivity index (χ0v) is 19.4. The van der Waals surface area contributed by atoms with Crippen LogP contribution in [0.2, 0.25) is 0 Å². The lowest BCUT2D eigenvalue weighted by molar-refractivity contribution is -0.384. The van der Waals surface area contributed by atoms with Crippen molar-refractivity contribution < 1.29 is 22.9 Å². The molecule has 0 atom stereocenters. The van der Waals surface area contributed by atoms with Gasteiger partial charge in [-0.05, 0) is 35.9 Å². The van der Waals surface area contributed by atoms with Gasteiger partial charge in [0, 0.05) is 12.1 Å². The van der Waals surface area contributed by atoms with Gasteiger partial charge in [-0.1, -0.05) is 49.2 Å². The Morgan fingerprint density at radius 1 is 1.09 bits per heavy atom. The second-order valence-corrected chi connectivity index (χ2v) is 9.40. The van der Waals surface area contributed by atoms with E-state index in [1.165, 1.54) is 30.7 Å². The summed E-state index contributed by atoms with van der Waals surface area (Å²) in [6, 6.07) is 8.32. The molecule has 12 heteroatoms. The zero-order valence-electron chi connectivity index (χ0n) is 18.5. The first-order valence-corrected chi connectivity index (χ1v) is 12.3. The lowest BCUT2D eigenvalue weighted by Gasteiger charge is -2.09. The molecule has 180 valence electrons. The molecule has 0 aliphatic heterocycles. The van der Waals surface area contributed by atoms with Crippen LogP contribution in [-0.2, 0) is 14.8 Å². The van der Waals surface area contributed by atoms with Gasteiger partial charge < -0.3 is 4.74 Å². The van der Waals surface area contributed by atoms with Crippen LogP contribution in [0, 0.1) is 10.1 Å². The topological polar surface area (TPSA) is 151 Å². The van der Waals surface area contributed by atoms with Gasteiger partial charge >= 0.3 is 5.97 Å². The standard InChI is InChI=1S/C22H24N4O7S/c1-2-3-4-5-6-7-13-33-22(28)16-9-8-10-18(14-16)34(31,32)25-21(27)19-15-17(26(29)30)11-12-20(19)23-24-25/h8-12,14-15H,2-7,13H2,1H3. The Morgan fingerprint density at radius 3 is 2.56 bits per heavy atom. The molecule has 0 unspecified atom stereocenters. The lowest BCUT2D eigenvalue weighted by atomic mass is 10.1. The number of ether oxygens (including phenoxy) is 1. The Bertz CT molecular complexity index is 1370. The first-order chi connectivity index (χ1) is 16.3. The van der Waals surface area contributed by atoms with Crippen molar-refractivity contribution in [3.63, 3.8) is 0 Å². The maximum absolute atomic E-state index is 13.1. The molecular weight excluding hydrogens is 464 g/mol. The van der Waals surface area contributed by atoms with Crippen LogP contribution < -0.4 is 5.56 Å². The van der Waals surface area contributed by atoms with Crippen molar-refractivity contribution in [3.8, 4) is 0 Å². The summed E-state index contributed by atoms with van der Waals surface area (Å²) < 4.78 is 31.5. The third kappa shape index (κ3) is 5.63. The molecule has 1 heterocycles. The number of nitro benzene ring substituents is 1. The third-order valence-electron chi connectivity index (χ3n) is 5.16. The summed E-state index contributed by atoms with van der Waals surface area (Å²) in [5, 5.41) is 17.9. The highest BCUT2D eigenvalue weighted by atomic mass is 32.2. The molecule has 0 radical (unpaired) electrons. The minimum atomic E-state index is -4.54. The number of unbranched alkanes of at least 4 members (excludes halogenated alkanes) is 5. The van der Waals surface area contributed by atoms with Gasteiger partial charge in [0.05, 0.1) is 27.4 Å². The highest BCUT2D eigenvalue weighted by molar-refractivity contribution is 7.89. The molecule has 0 aliphatic rings. The summed E-state index contributed by atoms with van der Waals surface area (Å²) in [5.41, 5.74) is -1.47. The van der Waals surface area contributed by atoms with E-state index in [1.807, 2.05) is 0 Å². The zero-order chi connectivity index (χ0) is 24.7. The summed E-state index contributed by atoms with van der Waals surface area (Å²) in [5.74, 6) is -0.682. The van der Waals surface area contributed by atoms with E-state index in [4.69, 9.17) is 4.74 Å². The van der Waals surface area contributed by atoms with E-state index in [-0.39, 0.29) is 32.1 Å². The molecule has 11 nitrogen and oxygen atoms in total. The Labute approximate surface area is 195 Å². The van der Waals surface area contributed by atoms with Gasteiger partial charge in [-0.15, -0.1) is 5.10 Å². The summed E-state index contributed by atoms with van der Waals surface area (Å²) in [6.07, 6.45) is 6.15. The molecule has 0 N–H and O–H groups in total. The van der Waals surface area contributed by atoms with Gasteiger partial charge in [0.25, 0.3) is 21.3 Å². The van der Waals surface area contributed by atoms with Crippen molar-refractivity contribution in [1.82, 2.24) is 14.4 Å². The van der Waals surface area contributed by atoms with Gasteiger partial charge in [0.15, 0.2) is 0 Å². The molecule has 2 aromatic carbocycles. The van der Waals surface area contributed by atoms with Crippen LogP contribution in [-0.4, -0.2) is 40.3 Å². The molecule has 0 amide bonds. The number of nitrogens with zero attached hydrogens (tertiary/aromatic N) is 4. The summed E-state index contributed by atoms with van der Waals surface area (Å²) >= 11 is 0. The highest BCUT2D eigenvalue weighted by Crippen LogP contribution is 2.18. The molecule has 3 rings (SSSR count). The van der Waals surface area contributed by atoms with Crippen molar-refractivity contribution in [2.45, 2.75) is 50.3 Å². The number of non-ortho nitro benzene ring substituents is 1. The maximum atomic E-state index is 13.1. The van der Waals surface area contributed by atoms with Gasteiger partial charge in [-0.3, -0.25) is 14.9 Å². The van der Waals surface area contributed by atoms with E-state index in [9.17, 15) is 28.1 Å². The molecule has 0 spiro atoms. The van der Waals surface area contributed by atoms with Crippen LogP contribution in [0.4, 0.5) is 5.69 Å². The Balaban J connectivity index is 1.81. The molecule has 0 bridgehead atoms. The fourth-order valence-corrected chi connectivity index (χ4v) is 4.48. The smallest absolute Gasteiger partial charge is 0.338 e. The number of fused-ring (bicyclic) bond motifs is 1. The van der Waals surface area contributed by atoms with E-state index in [0.29, 0.717) is 6.42 Å². The van der Waals surface area contributed by atoms with E-state index >= 15 is 0 Å². The first-order valence-electron chi connectivity index (χ1n) is 10.8. The van der Waals surface area contributed by atoms with E-state index in [1.54, 1.807) is 0 Å². The average molecular weight is 489 g/mol. The number of hydrogen-bond donors (Lipinski definition) is 0. The van der Waals surface area contributed by atoms with Crippen molar-refractivity contribution >= 4 is 32.6 Å². The number of esters is 1. The predicted octanol–water partition coefficient (Wildman–Crippen LogP) is 3.45. The van der Waals surface area contributed by atoms with E-state index in [2.05, 4.69) is 17.2 Å². The van der Waals surface area contributed by atoms with Gasteiger partial charge in [-0.25, -0.2) is 4.79 Å². The fraction of sp³-hybridized carbons (Fsp3) is 0.364. The minimum absolute atomic E-state index is 0.00416. The molecule has 0 fully saturated rings. The molecule has 1 aromatic heterocycles. The SMILES string of the molecule is CCCCCCCCOC(=O)c1cccc(S(=O)(=O)n2nnc3ccc([N+](=O)[O-])cc3c2=O)c1. The van der Waals surface area contributed by atoms with Crippen LogP contribution in [0.3, 0.4) is 0 Å². The van der Waals surface area contributed by atoms with Crippen molar-refractivity contribution in [2.75, 3.05) is 6.61 Å². The molecule has 0 saturated heterocycles. The third-order valence-corrected chi connectivity index (χ3v) is 6.70. The molecule has 34 heavy (non-hydrogen) atoms. The van der Waals surface area contributed by atoms with Crippen LogP contribution in [0.15, 0.2) is 52.2 Å². The normalized spacial score (nSPS) is 11.4. The van der Waals surface area contributed by atoms with Gasteiger partial charge in [0.1, 0.15) is 5.52 Å². The van der Waals surface area contributed by atoms with Crippen molar-refractivity contribution in [2.24, 2.45) is 0 Å². The highest BCUT2D eigenvalue weighted by Gasteiger charge is 2.24. The molecule has 3 aromatic rings. The van der Waals surface area contributed by atoms with E-state index < -0.39 is 32.2 Å².